The van der Waals surface area contributed by atoms with E-state index in [1.807, 2.05) is 27.7 Å². The molecule has 0 bridgehead atoms. The fraction of sp³-hybridized carbons (Fsp3) is 0.500. The molecule has 2 N–H and O–H groups in total. The molecule has 0 radical (unpaired) electrons. The molecule has 130 valence electrons. The number of pyridine rings is 1. The number of carbonyl (C=O) groups is 1. The smallest absolute Gasteiger partial charge is 0.400 e. The van der Waals surface area contributed by atoms with Crippen LogP contribution in [0.25, 0.3) is 6.08 Å². The molecule has 0 atom stereocenters. The SMILES string of the molecule is CC(=O)NCC(=Cc1cc(Br)c[nH]c1=O)B1OC(C)(C)C(C)(C)O1. The van der Waals surface area contributed by atoms with Gasteiger partial charge >= 0.3 is 7.12 Å². The van der Waals surface area contributed by atoms with E-state index in [0.29, 0.717) is 11.0 Å². The van der Waals surface area contributed by atoms with Gasteiger partial charge in [-0.15, -0.1) is 0 Å². The second kappa shape index (κ2) is 6.86. The Bertz CT molecular complexity index is 711. The Morgan fingerprint density at radius 1 is 1.33 bits per heavy atom. The zero-order chi connectivity index (χ0) is 18.1. The number of aromatic nitrogens is 1. The van der Waals surface area contributed by atoms with Gasteiger partial charge in [-0.25, -0.2) is 0 Å². The summed E-state index contributed by atoms with van der Waals surface area (Å²) in [5.41, 5.74) is -0.102. The third-order valence-electron chi connectivity index (χ3n) is 4.34. The van der Waals surface area contributed by atoms with Crippen molar-refractivity contribution in [3.05, 3.63) is 38.1 Å². The average molecular weight is 397 g/mol. The zero-order valence-electron chi connectivity index (χ0n) is 14.5. The van der Waals surface area contributed by atoms with Crippen LogP contribution in [0.5, 0.6) is 0 Å². The van der Waals surface area contributed by atoms with Crippen LogP contribution in [0, 0.1) is 0 Å². The predicted molar refractivity (Wildman–Crippen MR) is 97.5 cm³/mol. The molecule has 8 heteroatoms. The van der Waals surface area contributed by atoms with Crippen molar-refractivity contribution in [2.75, 3.05) is 6.54 Å². The van der Waals surface area contributed by atoms with E-state index in [-0.39, 0.29) is 18.0 Å². The molecule has 1 aliphatic rings. The summed E-state index contributed by atoms with van der Waals surface area (Å²) < 4.78 is 12.8. The minimum atomic E-state index is -0.639. The van der Waals surface area contributed by atoms with Gasteiger partial charge in [-0.3, -0.25) is 9.59 Å². The van der Waals surface area contributed by atoms with E-state index in [0.717, 1.165) is 4.47 Å². The van der Waals surface area contributed by atoms with E-state index in [1.165, 1.54) is 6.92 Å². The van der Waals surface area contributed by atoms with Gasteiger partial charge in [-0.2, -0.15) is 0 Å². The number of hydrogen-bond donors (Lipinski definition) is 2. The molecular formula is C16H22BBrN2O4. The Morgan fingerprint density at radius 2 is 1.92 bits per heavy atom. The Hall–Kier alpha value is -1.38. The molecule has 6 nitrogen and oxygen atoms in total. The maximum Gasteiger partial charge on any atom is 0.492 e. The molecule has 1 aromatic rings. The topological polar surface area (TPSA) is 80.4 Å². The van der Waals surface area contributed by atoms with Crippen LogP contribution >= 0.6 is 15.9 Å². The van der Waals surface area contributed by atoms with Crippen molar-refractivity contribution in [2.24, 2.45) is 0 Å². The van der Waals surface area contributed by atoms with Gasteiger partial charge in [-0.05, 0) is 55.2 Å². The van der Waals surface area contributed by atoms with Crippen LogP contribution in [0.4, 0.5) is 0 Å². The number of nitrogens with one attached hydrogen (secondary N) is 2. The minimum absolute atomic E-state index is 0.166. The van der Waals surface area contributed by atoms with Crippen LogP contribution in [0.2, 0.25) is 0 Å². The Morgan fingerprint density at radius 3 is 2.46 bits per heavy atom. The molecule has 2 heterocycles. The quantitative estimate of drug-likeness (QED) is 0.765. The molecule has 2 rings (SSSR count). The first-order valence-electron chi connectivity index (χ1n) is 7.70. The van der Waals surface area contributed by atoms with E-state index in [9.17, 15) is 9.59 Å². The summed E-state index contributed by atoms with van der Waals surface area (Å²) in [6, 6.07) is 1.71. The fourth-order valence-electron chi connectivity index (χ4n) is 2.20. The highest BCUT2D eigenvalue weighted by atomic mass is 79.9. The van der Waals surface area contributed by atoms with Gasteiger partial charge in [0.05, 0.1) is 11.2 Å². The highest BCUT2D eigenvalue weighted by Crippen LogP contribution is 2.38. The molecule has 1 aromatic heterocycles. The van der Waals surface area contributed by atoms with Crippen LogP contribution in [0.3, 0.4) is 0 Å². The molecule has 0 aliphatic carbocycles. The van der Waals surface area contributed by atoms with Crippen molar-refractivity contribution in [3.63, 3.8) is 0 Å². The summed E-state index contributed by atoms with van der Waals surface area (Å²) in [6.07, 6.45) is 3.27. The van der Waals surface area contributed by atoms with Gasteiger partial charge in [0.15, 0.2) is 0 Å². The van der Waals surface area contributed by atoms with Crippen molar-refractivity contribution in [3.8, 4) is 0 Å². The first-order valence-corrected chi connectivity index (χ1v) is 8.50. The van der Waals surface area contributed by atoms with Gasteiger partial charge in [0, 0.05) is 29.7 Å². The molecule has 0 aromatic carbocycles. The van der Waals surface area contributed by atoms with E-state index in [1.54, 1.807) is 18.3 Å². The normalized spacial score (nSPS) is 19.4. The molecule has 0 saturated carbocycles. The number of amides is 1. The number of halogens is 1. The van der Waals surface area contributed by atoms with E-state index in [4.69, 9.17) is 9.31 Å². The summed E-state index contributed by atoms with van der Waals surface area (Å²) >= 11 is 3.34. The number of hydrogen-bond acceptors (Lipinski definition) is 4. The lowest BCUT2D eigenvalue weighted by atomic mass is 9.77. The van der Waals surface area contributed by atoms with Crippen molar-refractivity contribution < 1.29 is 14.1 Å². The third-order valence-corrected chi connectivity index (χ3v) is 4.79. The lowest BCUT2D eigenvalue weighted by Crippen LogP contribution is -2.41. The van der Waals surface area contributed by atoms with E-state index in [2.05, 4.69) is 26.2 Å². The van der Waals surface area contributed by atoms with E-state index < -0.39 is 18.3 Å². The molecule has 1 aliphatic heterocycles. The molecule has 24 heavy (non-hydrogen) atoms. The molecule has 0 unspecified atom stereocenters. The average Bonchev–Trinajstić information content (AvgIpc) is 2.66. The summed E-state index contributed by atoms with van der Waals surface area (Å²) in [7, 11) is -0.639. The second-order valence-electron chi connectivity index (χ2n) is 6.82. The first kappa shape index (κ1) is 19.0. The summed E-state index contributed by atoms with van der Waals surface area (Å²) in [6.45, 7) is 9.49. The molecular weight excluding hydrogens is 375 g/mol. The zero-order valence-corrected chi connectivity index (χ0v) is 16.1. The van der Waals surface area contributed by atoms with E-state index >= 15 is 0 Å². The van der Waals surface area contributed by atoms with Gasteiger partial charge in [0.25, 0.3) is 5.56 Å². The second-order valence-corrected chi connectivity index (χ2v) is 7.74. The summed E-state index contributed by atoms with van der Waals surface area (Å²) in [5.74, 6) is -0.166. The van der Waals surface area contributed by atoms with Crippen molar-refractivity contribution >= 4 is 35.0 Å². The largest absolute Gasteiger partial charge is 0.492 e. The van der Waals surface area contributed by atoms with Crippen molar-refractivity contribution in [1.29, 1.82) is 0 Å². The first-order chi connectivity index (χ1) is 11.0. The predicted octanol–water partition coefficient (Wildman–Crippen LogP) is 2.29. The molecule has 1 amide bonds. The van der Waals surface area contributed by atoms with Gasteiger partial charge < -0.3 is 19.6 Å². The molecule has 1 saturated heterocycles. The van der Waals surface area contributed by atoms with Crippen LogP contribution in [-0.2, 0) is 14.1 Å². The number of rotatable bonds is 4. The van der Waals surface area contributed by atoms with Gasteiger partial charge in [0.1, 0.15) is 0 Å². The van der Waals surface area contributed by atoms with Crippen LogP contribution in [0.1, 0.15) is 40.2 Å². The Balaban J connectivity index is 2.39. The Kier molecular flexibility index (Phi) is 5.42. The third kappa shape index (κ3) is 4.17. The lowest BCUT2D eigenvalue weighted by molar-refractivity contribution is -0.118. The van der Waals surface area contributed by atoms with Crippen molar-refractivity contribution in [2.45, 2.75) is 45.8 Å². The Labute approximate surface area is 150 Å². The van der Waals surface area contributed by atoms with Crippen molar-refractivity contribution in [1.82, 2.24) is 10.3 Å². The number of aromatic amines is 1. The highest BCUT2D eigenvalue weighted by Gasteiger charge is 2.52. The van der Waals surface area contributed by atoms with Gasteiger partial charge in [-0.1, -0.05) is 6.08 Å². The minimum Gasteiger partial charge on any atom is -0.400 e. The highest BCUT2D eigenvalue weighted by molar-refractivity contribution is 9.10. The molecule has 1 fully saturated rings. The van der Waals surface area contributed by atoms with Crippen LogP contribution in [0.15, 0.2) is 27.0 Å². The monoisotopic (exact) mass is 396 g/mol. The fourth-order valence-corrected chi connectivity index (χ4v) is 2.57. The number of H-pyrrole nitrogens is 1. The number of carbonyl (C=O) groups excluding carboxylic acids is 1. The van der Waals surface area contributed by atoms with Gasteiger partial charge in [0.2, 0.25) is 5.91 Å². The maximum absolute atomic E-state index is 12.0. The molecule has 0 spiro atoms. The standard InChI is InChI=1S/C16H22BBrN2O4/c1-10(21)19-8-12(6-11-7-13(18)9-20-14(11)22)17-23-15(2,3)16(4,5)24-17/h6-7,9H,8H2,1-5H3,(H,19,21)(H,20,22). The lowest BCUT2D eigenvalue weighted by Gasteiger charge is -2.32. The van der Waals surface area contributed by atoms with Crippen LogP contribution < -0.4 is 10.9 Å². The van der Waals surface area contributed by atoms with Crippen LogP contribution in [-0.4, -0.2) is 35.8 Å². The maximum atomic E-state index is 12.0. The summed E-state index contributed by atoms with van der Waals surface area (Å²) in [4.78, 5) is 26.0. The summed E-state index contributed by atoms with van der Waals surface area (Å²) in [5, 5.41) is 2.74.